The predicted octanol–water partition coefficient (Wildman–Crippen LogP) is 14.7. The van der Waals surface area contributed by atoms with Crippen LogP contribution in [0.4, 0.5) is 0 Å². The van der Waals surface area contributed by atoms with Crippen molar-refractivity contribution >= 4 is 21.7 Å². The highest BCUT2D eigenvalue weighted by Crippen LogP contribution is 2.63. The Bertz CT molecular complexity index is 3840. The van der Waals surface area contributed by atoms with Gasteiger partial charge in [0.05, 0.1) is 16.6 Å². The fraction of sp³-hybridized carbons (Fsp3) is 0.0159. The van der Waals surface area contributed by atoms with Crippen molar-refractivity contribution in [2.75, 3.05) is 0 Å². The summed E-state index contributed by atoms with van der Waals surface area (Å²) in [4.78, 5) is 29.2. The molecule has 0 aliphatic heterocycles. The number of hydrogen-bond acceptors (Lipinski definition) is 6. The fourth-order valence-electron chi connectivity index (χ4n) is 11.0. The van der Waals surface area contributed by atoms with E-state index in [9.17, 15) is 0 Å². The summed E-state index contributed by atoms with van der Waals surface area (Å²) < 4.78 is 0. The average molecular weight is 879 g/mol. The third kappa shape index (κ3) is 6.05. The van der Waals surface area contributed by atoms with Gasteiger partial charge in [-0.05, 0) is 115 Å². The van der Waals surface area contributed by atoms with Crippen LogP contribution in [0, 0.1) is 0 Å². The molecule has 0 bridgehead atoms. The molecule has 320 valence electrons. The van der Waals surface area contributed by atoms with Crippen LogP contribution >= 0.6 is 0 Å². The van der Waals surface area contributed by atoms with Crippen LogP contribution in [0.5, 0.6) is 0 Å². The van der Waals surface area contributed by atoms with Crippen molar-refractivity contribution in [1.82, 2.24) is 29.9 Å². The van der Waals surface area contributed by atoms with Crippen LogP contribution in [0.1, 0.15) is 22.3 Å². The van der Waals surface area contributed by atoms with Crippen LogP contribution in [-0.4, -0.2) is 29.9 Å². The molecule has 6 nitrogen and oxygen atoms in total. The minimum absolute atomic E-state index is 0.439. The van der Waals surface area contributed by atoms with Gasteiger partial charge in [-0.1, -0.05) is 164 Å². The van der Waals surface area contributed by atoms with Crippen LogP contribution < -0.4 is 0 Å². The van der Waals surface area contributed by atoms with Crippen molar-refractivity contribution in [3.8, 4) is 89.9 Å². The Hall–Kier alpha value is -9.26. The molecule has 12 aromatic rings. The number of benzene rings is 8. The lowest BCUT2D eigenvalue weighted by molar-refractivity contribution is 0.795. The summed E-state index contributed by atoms with van der Waals surface area (Å²) in [5.41, 5.74) is 19.9. The second-order valence-corrected chi connectivity index (χ2v) is 17.8. The summed E-state index contributed by atoms with van der Waals surface area (Å²) in [7, 11) is 0. The standard InChI is InChI=1S/C63H38N6/c1-5-13-54-47(9-1)48-10-2-6-14-55(48)63(54)56-15-7-3-11-49(56)52-37-53-51(38-57(52)63)50-12-4-8-16-58(50)66-59(53)43-21-27-46(28-22-43)62-68-60(44-23-17-39(18-24-44)41-29-33-64-34-30-41)67-61(69-62)45-25-19-40(20-26-45)42-31-35-65-36-32-42/h1-38H. The monoisotopic (exact) mass is 878 g/mol. The number of rotatable bonds is 6. The smallest absolute Gasteiger partial charge is 0.164 e. The molecule has 0 radical (unpaired) electrons. The van der Waals surface area contributed by atoms with Gasteiger partial charge in [0.2, 0.25) is 0 Å². The highest BCUT2D eigenvalue weighted by atomic mass is 15.0. The van der Waals surface area contributed by atoms with Gasteiger partial charge in [-0.2, -0.15) is 0 Å². The number of para-hydroxylation sites is 1. The van der Waals surface area contributed by atoms with E-state index >= 15 is 0 Å². The van der Waals surface area contributed by atoms with Crippen LogP contribution in [0.15, 0.2) is 231 Å². The minimum Gasteiger partial charge on any atom is -0.265 e. The zero-order valence-corrected chi connectivity index (χ0v) is 37.1. The molecule has 4 aromatic heterocycles. The fourth-order valence-corrected chi connectivity index (χ4v) is 11.0. The Kier molecular flexibility index (Phi) is 8.70. The molecule has 0 N–H and O–H groups in total. The first-order valence-electron chi connectivity index (χ1n) is 23.2. The molecule has 0 unspecified atom stereocenters. The van der Waals surface area contributed by atoms with E-state index in [1.165, 1.54) is 49.9 Å². The van der Waals surface area contributed by atoms with Crippen LogP contribution in [0.2, 0.25) is 0 Å². The zero-order valence-electron chi connectivity index (χ0n) is 37.1. The Balaban J connectivity index is 0.912. The lowest BCUT2D eigenvalue weighted by atomic mass is 9.70. The van der Waals surface area contributed by atoms with E-state index in [1.54, 1.807) is 0 Å². The van der Waals surface area contributed by atoms with Gasteiger partial charge in [-0.15, -0.1) is 0 Å². The quantitative estimate of drug-likeness (QED) is 0.155. The summed E-state index contributed by atoms with van der Waals surface area (Å²) >= 11 is 0. The summed E-state index contributed by atoms with van der Waals surface area (Å²) in [5, 5.41) is 3.43. The molecule has 69 heavy (non-hydrogen) atoms. The lowest BCUT2D eigenvalue weighted by Gasteiger charge is -2.30. The van der Waals surface area contributed by atoms with E-state index in [0.29, 0.717) is 17.5 Å². The van der Waals surface area contributed by atoms with Gasteiger partial charge in [-0.3, -0.25) is 9.97 Å². The van der Waals surface area contributed by atoms with Crippen molar-refractivity contribution in [3.05, 3.63) is 253 Å². The summed E-state index contributed by atoms with van der Waals surface area (Å²) in [5.74, 6) is 1.78. The second-order valence-electron chi connectivity index (χ2n) is 17.8. The van der Waals surface area contributed by atoms with Crippen molar-refractivity contribution in [2.24, 2.45) is 0 Å². The molecule has 0 saturated carbocycles. The summed E-state index contributed by atoms with van der Waals surface area (Å²) in [6, 6.07) is 73.7. The SMILES string of the molecule is c1ccc2c(c1)-c1ccccc1C21c2ccccc2-c2cc3c(-c4ccc(-c5nc(-c6ccc(-c7ccncc7)cc6)nc(-c6ccc(-c7ccncc7)cc6)n5)cc4)nc4ccccc4c3cc21. The van der Waals surface area contributed by atoms with E-state index in [-0.39, 0.29) is 0 Å². The Labute approximate surface area is 398 Å². The van der Waals surface area contributed by atoms with Gasteiger partial charge in [0.25, 0.3) is 0 Å². The largest absolute Gasteiger partial charge is 0.265 e. The maximum absolute atomic E-state index is 5.44. The molecule has 1 spiro atoms. The number of pyridine rings is 3. The second kappa shape index (κ2) is 15.4. The van der Waals surface area contributed by atoms with E-state index < -0.39 is 5.41 Å². The van der Waals surface area contributed by atoms with E-state index in [0.717, 1.165) is 66.5 Å². The predicted molar refractivity (Wildman–Crippen MR) is 277 cm³/mol. The highest BCUT2D eigenvalue weighted by Gasteiger charge is 2.51. The minimum atomic E-state index is -0.439. The normalized spacial score (nSPS) is 12.8. The molecule has 0 amide bonds. The van der Waals surface area contributed by atoms with Gasteiger partial charge in [0.1, 0.15) is 0 Å². The van der Waals surface area contributed by atoms with E-state index in [1.807, 2.05) is 49.1 Å². The molecular weight excluding hydrogens is 841 g/mol. The van der Waals surface area contributed by atoms with Crippen LogP contribution in [0.25, 0.3) is 112 Å². The first-order valence-corrected chi connectivity index (χ1v) is 23.2. The lowest BCUT2D eigenvalue weighted by Crippen LogP contribution is -2.25. The number of aromatic nitrogens is 6. The van der Waals surface area contributed by atoms with Crippen molar-refractivity contribution in [2.45, 2.75) is 5.41 Å². The summed E-state index contributed by atoms with van der Waals surface area (Å²) in [6.45, 7) is 0. The molecule has 14 rings (SSSR count). The first kappa shape index (κ1) is 39.0. The Morgan fingerprint density at radius 3 is 1.14 bits per heavy atom. The molecule has 8 aromatic carbocycles. The third-order valence-electron chi connectivity index (χ3n) is 14.2. The molecule has 0 saturated heterocycles. The number of hydrogen-bond donors (Lipinski definition) is 0. The molecule has 0 fully saturated rings. The molecule has 0 atom stereocenters. The van der Waals surface area contributed by atoms with Gasteiger partial charge in [0.15, 0.2) is 17.5 Å². The van der Waals surface area contributed by atoms with Gasteiger partial charge in [-0.25, -0.2) is 19.9 Å². The Morgan fingerprint density at radius 2 is 0.652 bits per heavy atom. The molecular formula is C63H38N6. The molecule has 2 aliphatic carbocycles. The molecule has 4 heterocycles. The highest BCUT2D eigenvalue weighted by molar-refractivity contribution is 6.14. The Morgan fingerprint density at radius 1 is 0.261 bits per heavy atom. The molecule has 2 aliphatic rings. The number of fused-ring (bicyclic) bond motifs is 13. The topological polar surface area (TPSA) is 77.3 Å². The van der Waals surface area contributed by atoms with Crippen molar-refractivity contribution < 1.29 is 0 Å². The van der Waals surface area contributed by atoms with Crippen LogP contribution in [-0.2, 0) is 5.41 Å². The first-order chi connectivity index (χ1) is 34.2. The van der Waals surface area contributed by atoms with Gasteiger partial charge >= 0.3 is 0 Å². The summed E-state index contributed by atoms with van der Waals surface area (Å²) in [6.07, 6.45) is 7.25. The van der Waals surface area contributed by atoms with E-state index in [4.69, 9.17) is 19.9 Å². The van der Waals surface area contributed by atoms with Crippen molar-refractivity contribution in [3.63, 3.8) is 0 Å². The maximum atomic E-state index is 5.44. The maximum Gasteiger partial charge on any atom is 0.164 e. The van der Waals surface area contributed by atoms with Crippen LogP contribution in [0.3, 0.4) is 0 Å². The zero-order chi connectivity index (χ0) is 45.5. The van der Waals surface area contributed by atoms with Crippen molar-refractivity contribution in [1.29, 1.82) is 0 Å². The average Bonchev–Trinajstić information content (AvgIpc) is 3.90. The van der Waals surface area contributed by atoms with Gasteiger partial charge < -0.3 is 0 Å². The number of nitrogens with zero attached hydrogens (tertiary/aromatic N) is 6. The van der Waals surface area contributed by atoms with Gasteiger partial charge in [0, 0.05) is 57.8 Å². The van der Waals surface area contributed by atoms with E-state index in [2.05, 4.69) is 192 Å². The molecule has 6 heteroatoms. The third-order valence-corrected chi connectivity index (χ3v) is 14.2.